The first-order valence-electron chi connectivity index (χ1n) is 6.00. The smallest absolute Gasteiger partial charge is 0.231 e. The third kappa shape index (κ3) is 2.42. The molecule has 3 aromatic rings. The summed E-state index contributed by atoms with van der Waals surface area (Å²) in [4.78, 5) is 8.21. The maximum atomic E-state index is 13.3. The van der Waals surface area contributed by atoms with Crippen LogP contribution in [-0.4, -0.2) is 9.97 Å². The Kier molecular flexibility index (Phi) is 3.24. The van der Waals surface area contributed by atoms with Gasteiger partial charge in [-0.15, -0.1) is 0 Å². The summed E-state index contributed by atoms with van der Waals surface area (Å²) in [5.74, 6) is 0.582. The monoisotopic (exact) mass is 288 g/mol. The topological polar surface area (TPSA) is 35.0 Å². The highest BCUT2D eigenvalue weighted by molar-refractivity contribution is 6.28. The average molecular weight is 289 g/mol. The third-order valence-electron chi connectivity index (χ3n) is 2.88. The van der Waals surface area contributed by atoms with Crippen molar-refractivity contribution in [1.29, 1.82) is 0 Å². The Labute approximate surface area is 120 Å². The van der Waals surface area contributed by atoms with E-state index in [1.807, 2.05) is 24.3 Å². The predicted octanol–water partition coefficient (Wildman–Crippen LogP) is 4.52. The zero-order valence-electron chi connectivity index (χ0n) is 10.6. The van der Waals surface area contributed by atoms with Crippen LogP contribution < -0.4 is 4.74 Å². The molecular formula is C15H10ClFN2O. The second-order valence-electron chi connectivity index (χ2n) is 4.33. The molecule has 3 rings (SSSR count). The maximum Gasteiger partial charge on any atom is 0.231 e. The number of para-hydroxylation sites is 1. The molecule has 0 bridgehead atoms. The van der Waals surface area contributed by atoms with Crippen LogP contribution in [0, 0.1) is 12.7 Å². The largest absolute Gasteiger partial charge is 0.438 e. The van der Waals surface area contributed by atoms with E-state index in [0.717, 1.165) is 5.39 Å². The van der Waals surface area contributed by atoms with E-state index in [4.69, 9.17) is 16.3 Å². The summed E-state index contributed by atoms with van der Waals surface area (Å²) < 4.78 is 19.0. The standard InChI is InChI=1S/C15H10ClFN2O/c1-9-8-10(6-7-12(9)17)20-14-11-4-2-3-5-13(11)18-15(16)19-14/h2-8H,1H3. The molecule has 1 heterocycles. The lowest BCUT2D eigenvalue weighted by atomic mass is 10.2. The molecule has 0 radical (unpaired) electrons. The fourth-order valence-electron chi connectivity index (χ4n) is 1.89. The fourth-order valence-corrected chi connectivity index (χ4v) is 2.06. The number of hydrogen-bond acceptors (Lipinski definition) is 3. The molecule has 0 aliphatic carbocycles. The van der Waals surface area contributed by atoms with E-state index < -0.39 is 0 Å². The van der Waals surface area contributed by atoms with Gasteiger partial charge in [0.15, 0.2) is 0 Å². The zero-order valence-corrected chi connectivity index (χ0v) is 11.4. The fraction of sp³-hybridized carbons (Fsp3) is 0.0667. The van der Waals surface area contributed by atoms with Gasteiger partial charge in [0.2, 0.25) is 11.2 Å². The van der Waals surface area contributed by atoms with E-state index in [1.165, 1.54) is 6.07 Å². The normalized spacial score (nSPS) is 10.8. The molecule has 1 aromatic heterocycles. The molecule has 0 aliphatic heterocycles. The first-order valence-corrected chi connectivity index (χ1v) is 6.37. The van der Waals surface area contributed by atoms with Crippen LogP contribution in [0.25, 0.3) is 10.9 Å². The van der Waals surface area contributed by atoms with Crippen LogP contribution in [0.3, 0.4) is 0 Å². The van der Waals surface area contributed by atoms with Gasteiger partial charge in [0.05, 0.1) is 10.9 Å². The molecule has 5 heteroatoms. The van der Waals surface area contributed by atoms with Crippen LogP contribution in [0.1, 0.15) is 5.56 Å². The SMILES string of the molecule is Cc1cc(Oc2nc(Cl)nc3ccccc23)ccc1F. The zero-order chi connectivity index (χ0) is 14.1. The number of hydrogen-bond donors (Lipinski definition) is 0. The van der Waals surface area contributed by atoms with Gasteiger partial charge in [0.25, 0.3) is 0 Å². The van der Waals surface area contributed by atoms with Crippen molar-refractivity contribution in [1.82, 2.24) is 9.97 Å². The van der Waals surface area contributed by atoms with Crippen molar-refractivity contribution in [2.45, 2.75) is 6.92 Å². The van der Waals surface area contributed by atoms with Crippen molar-refractivity contribution < 1.29 is 9.13 Å². The first-order chi connectivity index (χ1) is 9.63. The lowest BCUT2D eigenvalue weighted by Gasteiger charge is -2.08. The van der Waals surface area contributed by atoms with Crippen molar-refractivity contribution in [3.8, 4) is 11.6 Å². The molecule has 100 valence electrons. The Morgan fingerprint density at radius 2 is 1.90 bits per heavy atom. The molecule has 0 N–H and O–H groups in total. The molecule has 0 unspecified atom stereocenters. The molecular weight excluding hydrogens is 279 g/mol. The van der Waals surface area contributed by atoms with Crippen LogP contribution in [0.15, 0.2) is 42.5 Å². The summed E-state index contributed by atoms with van der Waals surface area (Å²) in [6.45, 7) is 1.67. The first kappa shape index (κ1) is 12.8. The van der Waals surface area contributed by atoms with Crippen LogP contribution >= 0.6 is 11.6 Å². The molecule has 0 atom stereocenters. The molecule has 0 spiro atoms. The highest BCUT2D eigenvalue weighted by Crippen LogP contribution is 2.29. The van der Waals surface area contributed by atoms with Gasteiger partial charge in [-0.2, -0.15) is 4.98 Å². The molecule has 0 saturated heterocycles. The van der Waals surface area contributed by atoms with Gasteiger partial charge in [-0.1, -0.05) is 12.1 Å². The van der Waals surface area contributed by atoms with Gasteiger partial charge in [0.1, 0.15) is 11.6 Å². The molecule has 0 fully saturated rings. The summed E-state index contributed by atoms with van der Waals surface area (Å²) >= 11 is 5.88. The van der Waals surface area contributed by atoms with Crippen molar-refractivity contribution >= 4 is 22.5 Å². The van der Waals surface area contributed by atoms with Crippen LogP contribution in [0.2, 0.25) is 5.28 Å². The Hall–Kier alpha value is -2.20. The van der Waals surface area contributed by atoms with Gasteiger partial charge in [-0.3, -0.25) is 0 Å². The minimum absolute atomic E-state index is 0.109. The number of rotatable bonds is 2. The number of fused-ring (bicyclic) bond motifs is 1. The number of aromatic nitrogens is 2. The Morgan fingerprint density at radius 1 is 1.10 bits per heavy atom. The maximum absolute atomic E-state index is 13.3. The van der Waals surface area contributed by atoms with E-state index in [1.54, 1.807) is 19.1 Å². The van der Waals surface area contributed by atoms with E-state index in [9.17, 15) is 4.39 Å². The molecule has 0 aliphatic rings. The van der Waals surface area contributed by atoms with Crippen molar-refractivity contribution in [2.75, 3.05) is 0 Å². The molecule has 0 saturated carbocycles. The quantitative estimate of drug-likeness (QED) is 0.650. The third-order valence-corrected chi connectivity index (χ3v) is 3.05. The van der Waals surface area contributed by atoms with Gasteiger partial charge in [-0.25, -0.2) is 9.37 Å². The van der Waals surface area contributed by atoms with Gasteiger partial charge in [0, 0.05) is 0 Å². The molecule has 20 heavy (non-hydrogen) atoms. The van der Waals surface area contributed by atoms with E-state index in [2.05, 4.69) is 9.97 Å². The number of nitrogens with zero attached hydrogens (tertiary/aromatic N) is 2. The number of ether oxygens (including phenoxy) is 1. The highest BCUT2D eigenvalue weighted by Gasteiger charge is 2.09. The van der Waals surface area contributed by atoms with Crippen molar-refractivity contribution in [3.63, 3.8) is 0 Å². The van der Waals surface area contributed by atoms with Crippen LogP contribution in [0.4, 0.5) is 4.39 Å². The van der Waals surface area contributed by atoms with Gasteiger partial charge in [-0.05, 0) is 54.4 Å². The molecule has 2 aromatic carbocycles. The summed E-state index contributed by atoms with van der Waals surface area (Å²) in [5.41, 5.74) is 1.20. The lowest BCUT2D eigenvalue weighted by molar-refractivity contribution is 0.466. The Bertz CT molecular complexity index is 792. The van der Waals surface area contributed by atoms with Crippen molar-refractivity contribution in [2.24, 2.45) is 0 Å². The molecule has 0 amide bonds. The predicted molar refractivity (Wildman–Crippen MR) is 75.8 cm³/mol. The second kappa shape index (κ2) is 5.06. The van der Waals surface area contributed by atoms with Crippen LogP contribution in [-0.2, 0) is 0 Å². The average Bonchev–Trinajstić information content (AvgIpc) is 2.43. The van der Waals surface area contributed by atoms with Crippen molar-refractivity contribution in [3.05, 3.63) is 59.1 Å². The number of aryl methyl sites for hydroxylation is 1. The Morgan fingerprint density at radius 3 is 2.70 bits per heavy atom. The summed E-state index contributed by atoms with van der Waals surface area (Å²) in [5, 5.41) is 0.858. The minimum atomic E-state index is -0.275. The van der Waals surface area contributed by atoms with Gasteiger partial charge < -0.3 is 4.74 Å². The summed E-state index contributed by atoms with van der Waals surface area (Å²) in [6.07, 6.45) is 0. The lowest BCUT2D eigenvalue weighted by Crippen LogP contribution is -1.94. The Balaban J connectivity index is 2.07. The summed E-state index contributed by atoms with van der Waals surface area (Å²) in [6, 6.07) is 11.9. The van der Waals surface area contributed by atoms with E-state index in [-0.39, 0.29) is 11.1 Å². The minimum Gasteiger partial charge on any atom is -0.438 e. The van der Waals surface area contributed by atoms with Crippen LogP contribution in [0.5, 0.6) is 11.6 Å². The number of halogens is 2. The molecule has 3 nitrogen and oxygen atoms in total. The van der Waals surface area contributed by atoms with E-state index >= 15 is 0 Å². The highest BCUT2D eigenvalue weighted by atomic mass is 35.5. The number of benzene rings is 2. The second-order valence-corrected chi connectivity index (χ2v) is 4.67. The van der Waals surface area contributed by atoms with Gasteiger partial charge >= 0.3 is 0 Å². The summed E-state index contributed by atoms with van der Waals surface area (Å²) in [7, 11) is 0. The van der Waals surface area contributed by atoms with E-state index in [0.29, 0.717) is 22.7 Å².